The molecular weight excluding hydrogens is 253 g/mol. The number of nitrogens with zero attached hydrogens (tertiary/aromatic N) is 1. The van der Waals surface area contributed by atoms with E-state index in [9.17, 15) is 12.8 Å². The average Bonchev–Trinajstić information content (AvgIpc) is 2.78. The molecule has 100 valence electrons. The highest BCUT2D eigenvalue weighted by Crippen LogP contribution is 2.34. The summed E-state index contributed by atoms with van der Waals surface area (Å²) >= 11 is 0. The van der Waals surface area contributed by atoms with Gasteiger partial charge in [-0.05, 0) is 37.0 Å². The van der Waals surface area contributed by atoms with Gasteiger partial charge in [-0.1, -0.05) is 19.1 Å². The number of rotatable bonds is 4. The van der Waals surface area contributed by atoms with E-state index in [4.69, 9.17) is 0 Å². The minimum atomic E-state index is -3.21. The van der Waals surface area contributed by atoms with Crippen LogP contribution in [0.1, 0.15) is 37.8 Å². The first-order valence-corrected chi connectivity index (χ1v) is 7.90. The molecule has 0 bridgehead atoms. The fraction of sp³-hybridized carbons (Fsp3) is 0.538. The Morgan fingerprint density at radius 1 is 1.44 bits per heavy atom. The Labute approximate surface area is 108 Å². The second-order valence-corrected chi connectivity index (χ2v) is 6.68. The van der Waals surface area contributed by atoms with Crippen LogP contribution < -0.4 is 0 Å². The van der Waals surface area contributed by atoms with Crippen LogP contribution in [0.3, 0.4) is 0 Å². The summed E-state index contributed by atoms with van der Waals surface area (Å²) in [4.78, 5) is 0. The summed E-state index contributed by atoms with van der Waals surface area (Å²) in [5, 5.41) is 0. The number of halogens is 1. The summed E-state index contributed by atoms with van der Waals surface area (Å²) < 4.78 is 39.0. The van der Waals surface area contributed by atoms with E-state index in [1.165, 1.54) is 16.4 Å². The van der Waals surface area contributed by atoms with Crippen molar-refractivity contribution in [1.82, 2.24) is 4.31 Å². The lowest BCUT2D eigenvalue weighted by Crippen LogP contribution is -2.32. The van der Waals surface area contributed by atoms with Crippen molar-refractivity contribution in [2.45, 2.75) is 32.2 Å². The summed E-state index contributed by atoms with van der Waals surface area (Å²) in [6, 6.07) is 6.05. The molecule has 5 heteroatoms. The maximum Gasteiger partial charge on any atom is 0.214 e. The largest absolute Gasteiger partial charge is 0.214 e. The zero-order chi connectivity index (χ0) is 13.2. The molecule has 0 aliphatic carbocycles. The summed E-state index contributed by atoms with van der Waals surface area (Å²) in [7, 11) is -3.21. The van der Waals surface area contributed by atoms with Gasteiger partial charge in [-0.2, -0.15) is 4.31 Å². The van der Waals surface area contributed by atoms with Crippen molar-refractivity contribution in [3.05, 3.63) is 35.6 Å². The number of sulfonamides is 1. The van der Waals surface area contributed by atoms with Gasteiger partial charge in [0, 0.05) is 12.6 Å². The predicted molar refractivity (Wildman–Crippen MR) is 69.2 cm³/mol. The van der Waals surface area contributed by atoms with Crippen molar-refractivity contribution in [2.24, 2.45) is 0 Å². The minimum absolute atomic E-state index is 0.165. The Morgan fingerprint density at radius 2 is 2.22 bits per heavy atom. The summed E-state index contributed by atoms with van der Waals surface area (Å²) in [6.45, 7) is 2.40. The smallest absolute Gasteiger partial charge is 0.212 e. The van der Waals surface area contributed by atoms with Gasteiger partial charge in [-0.25, -0.2) is 12.8 Å². The molecule has 1 heterocycles. The fourth-order valence-electron chi connectivity index (χ4n) is 2.50. The van der Waals surface area contributed by atoms with Gasteiger partial charge in [-0.15, -0.1) is 0 Å². The van der Waals surface area contributed by atoms with Gasteiger partial charge in [-0.3, -0.25) is 0 Å². The molecule has 1 aliphatic heterocycles. The van der Waals surface area contributed by atoms with Crippen LogP contribution in [0.15, 0.2) is 24.3 Å². The van der Waals surface area contributed by atoms with Crippen molar-refractivity contribution in [3.8, 4) is 0 Å². The standard InChI is InChI=1S/C13H18FNO2S/c1-2-9-18(16,17)15-8-4-7-13(15)11-5-3-6-12(14)10-11/h3,5-6,10,13H,2,4,7-9H2,1H3/t13-/m1/s1. The Bertz CT molecular complexity index is 515. The molecule has 1 aromatic carbocycles. The molecule has 1 fully saturated rings. The van der Waals surface area contributed by atoms with Crippen molar-refractivity contribution < 1.29 is 12.8 Å². The van der Waals surface area contributed by atoms with Crippen LogP contribution in [-0.4, -0.2) is 25.0 Å². The Hall–Kier alpha value is -0.940. The van der Waals surface area contributed by atoms with E-state index in [0.29, 0.717) is 13.0 Å². The van der Waals surface area contributed by atoms with Crippen LogP contribution in [0.4, 0.5) is 4.39 Å². The van der Waals surface area contributed by atoms with Crippen LogP contribution in [0.25, 0.3) is 0 Å². The number of benzene rings is 1. The van der Waals surface area contributed by atoms with Gasteiger partial charge in [0.1, 0.15) is 5.82 Å². The maximum absolute atomic E-state index is 13.2. The van der Waals surface area contributed by atoms with Crippen LogP contribution in [0, 0.1) is 5.82 Å². The van der Waals surface area contributed by atoms with Crippen molar-refractivity contribution in [3.63, 3.8) is 0 Å². The van der Waals surface area contributed by atoms with Crippen LogP contribution in [0.5, 0.6) is 0 Å². The minimum Gasteiger partial charge on any atom is -0.212 e. The van der Waals surface area contributed by atoms with E-state index < -0.39 is 10.0 Å². The first-order valence-electron chi connectivity index (χ1n) is 6.29. The third kappa shape index (κ3) is 2.72. The van der Waals surface area contributed by atoms with E-state index in [1.54, 1.807) is 12.1 Å². The van der Waals surface area contributed by atoms with E-state index >= 15 is 0 Å². The first-order chi connectivity index (χ1) is 8.54. The van der Waals surface area contributed by atoms with Crippen molar-refractivity contribution in [1.29, 1.82) is 0 Å². The van der Waals surface area contributed by atoms with Crippen molar-refractivity contribution in [2.75, 3.05) is 12.3 Å². The molecular formula is C13H18FNO2S. The number of hydrogen-bond donors (Lipinski definition) is 0. The molecule has 3 nitrogen and oxygen atoms in total. The summed E-state index contributed by atoms with van der Waals surface area (Å²) in [6.07, 6.45) is 2.21. The van der Waals surface area contributed by atoms with Crippen LogP contribution in [0.2, 0.25) is 0 Å². The first kappa shape index (κ1) is 13.5. The lowest BCUT2D eigenvalue weighted by molar-refractivity contribution is 0.395. The lowest BCUT2D eigenvalue weighted by atomic mass is 10.1. The zero-order valence-corrected chi connectivity index (χ0v) is 11.3. The third-order valence-corrected chi connectivity index (χ3v) is 5.33. The molecule has 1 atom stereocenters. The van der Waals surface area contributed by atoms with Gasteiger partial charge < -0.3 is 0 Å². The molecule has 1 aromatic rings. The second kappa shape index (κ2) is 5.36. The van der Waals surface area contributed by atoms with E-state index in [-0.39, 0.29) is 17.6 Å². The molecule has 1 aliphatic rings. The van der Waals surface area contributed by atoms with Crippen LogP contribution >= 0.6 is 0 Å². The maximum atomic E-state index is 13.2. The fourth-order valence-corrected chi connectivity index (χ4v) is 4.27. The second-order valence-electron chi connectivity index (χ2n) is 4.64. The summed E-state index contributed by atoms with van der Waals surface area (Å²) in [5.41, 5.74) is 0.757. The van der Waals surface area contributed by atoms with Gasteiger partial charge >= 0.3 is 0 Å². The zero-order valence-electron chi connectivity index (χ0n) is 10.5. The lowest BCUT2D eigenvalue weighted by Gasteiger charge is -2.24. The molecule has 0 amide bonds. The average molecular weight is 271 g/mol. The van der Waals surface area contributed by atoms with E-state index in [0.717, 1.165) is 18.4 Å². The Kier molecular flexibility index (Phi) is 4.02. The molecule has 0 N–H and O–H groups in total. The van der Waals surface area contributed by atoms with Gasteiger partial charge in [0.15, 0.2) is 0 Å². The van der Waals surface area contributed by atoms with Crippen molar-refractivity contribution >= 4 is 10.0 Å². The van der Waals surface area contributed by atoms with Gasteiger partial charge in [0.25, 0.3) is 0 Å². The normalized spacial score (nSPS) is 21.3. The molecule has 2 rings (SSSR count). The Balaban J connectivity index is 2.28. The highest BCUT2D eigenvalue weighted by atomic mass is 32.2. The molecule has 18 heavy (non-hydrogen) atoms. The third-order valence-electron chi connectivity index (χ3n) is 3.26. The molecule has 0 spiro atoms. The SMILES string of the molecule is CCCS(=O)(=O)N1CCC[C@@H]1c1cccc(F)c1. The molecule has 1 saturated heterocycles. The summed E-state index contributed by atoms with van der Waals surface area (Å²) in [5.74, 6) is -0.147. The van der Waals surface area contributed by atoms with E-state index in [2.05, 4.69) is 0 Å². The highest BCUT2D eigenvalue weighted by Gasteiger charge is 2.34. The Morgan fingerprint density at radius 3 is 2.89 bits per heavy atom. The number of hydrogen-bond acceptors (Lipinski definition) is 2. The van der Waals surface area contributed by atoms with Gasteiger partial charge in [0.2, 0.25) is 10.0 Å². The van der Waals surface area contributed by atoms with E-state index in [1.807, 2.05) is 6.92 Å². The highest BCUT2D eigenvalue weighted by molar-refractivity contribution is 7.89. The topological polar surface area (TPSA) is 37.4 Å². The van der Waals surface area contributed by atoms with Crippen LogP contribution in [-0.2, 0) is 10.0 Å². The molecule has 0 radical (unpaired) electrons. The molecule has 0 unspecified atom stereocenters. The molecule has 0 saturated carbocycles. The molecule has 0 aromatic heterocycles. The van der Waals surface area contributed by atoms with Gasteiger partial charge in [0.05, 0.1) is 5.75 Å². The quantitative estimate of drug-likeness (QED) is 0.844. The monoisotopic (exact) mass is 271 g/mol. The predicted octanol–water partition coefficient (Wildman–Crippen LogP) is 2.70.